The van der Waals surface area contributed by atoms with Gasteiger partial charge in [0.25, 0.3) is 0 Å². The fraction of sp³-hybridized carbons (Fsp3) is 0.500. The molecule has 6 heteroatoms. The van der Waals surface area contributed by atoms with Crippen molar-refractivity contribution in [2.45, 2.75) is 40.3 Å². The average molecular weight is 269 g/mol. The Kier molecular flexibility index (Phi) is 3.91. The van der Waals surface area contributed by atoms with Crippen LogP contribution in [0.3, 0.4) is 0 Å². The summed E-state index contributed by atoms with van der Waals surface area (Å²) in [5.74, 6) is 1.60. The zero-order valence-corrected chi connectivity index (χ0v) is 11.6. The Morgan fingerprint density at radius 3 is 2.83 bits per heavy atom. The molecule has 0 aliphatic heterocycles. The second-order valence-corrected chi connectivity index (χ2v) is 4.47. The van der Waals surface area contributed by atoms with Crippen LogP contribution < -0.4 is 5.32 Å². The van der Waals surface area contributed by atoms with Crippen LogP contribution in [0, 0.1) is 6.92 Å². The number of aromatic nitrogens is 3. The Morgan fingerprint density at radius 1 is 1.44 bits per heavy atom. The second-order valence-electron chi connectivity index (χ2n) is 4.06. The first-order valence-corrected chi connectivity index (χ1v) is 6.44. The Balaban J connectivity index is 2.11. The minimum Gasteiger partial charge on any atom is -0.363 e. The third kappa shape index (κ3) is 2.51. The molecule has 18 heavy (non-hydrogen) atoms. The summed E-state index contributed by atoms with van der Waals surface area (Å²) in [7, 11) is 0. The Labute approximate surface area is 111 Å². The number of hydrogen-bond donors (Lipinski definition) is 1. The van der Waals surface area contributed by atoms with Gasteiger partial charge in [-0.15, -0.1) is 0 Å². The van der Waals surface area contributed by atoms with Gasteiger partial charge < -0.3 is 9.84 Å². The second kappa shape index (κ2) is 5.44. The lowest BCUT2D eigenvalue weighted by atomic mass is 10.1. The van der Waals surface area contributed by atoms with E-state index >= 15 is 0 Å². The maximum absolute atomic E-state index is 6.09. The zero-order chi connectivity index (χ0) is 13.1. The van der Waals surface area contributed by atoms with Crippen LogP contribution in [0.2, 0.25) is 5.02 Å². The van der Waals surface area contributed by atoms with Crippen LogP contribution in [0.1, 0.15) is 30.9 Å². The summed E-state index contributed by atoms with van der Waals surface area (Å²) >= 11 is 6.09. The van der Waals surface area contributed by atoms with Gasteiger partial charge in [0.1, 0.15) is 10.8 Å². The predicted molar refractivity (Wildman–Crippen MR) is 70.9 cm³/mol. The van der Waals surface area contributed by atoms with E-state index < -0.39 is 0 Å². The van der Waals surface area contributed by atoms with E-state index in [0.717, 1.165) is 30.0 Å². The fourth-order valence-corrected chi connectivity index (χ4v) is 2.01. The smallest absolute Gasteiger partial charge is 0.167 e. The van der Waals surface area contributed by atoms with Crippen molar-refractivity contribution >= 4 is 17.4 Å². The monoisotopic (exact) mass is 268 g/mol. The lowest BCUT2D eigenvalue weighted by Crippen LogP contribution is -2.04. The van der Waals surface area contributed by atoms with E-state index in [2.05, 4.69) is 15.6 Å². The SMILES string of the molecule is CCc1onc(C)c1CNc1nn(CC)cc1Cl. The number of halogens is 1. The summed E-state index contributed by atoms with van der Waals surface area (Å²) in [6.45, 7) is 7.42. The van der Waals surface area contributed by atoms with Gasteiger partial charge in [-0.05, 0) is 13.8 Å². The van der Waals surface area contributed by atoms with E-state index in [1.54, 1.807) is 4.68 Å². The molecule has 0 bridgehead atoms. The van der Waals surface area contributed by atoms with Crippen molar-refractivity contribution in [2.24, 2.45) is 0 Å². The van der Waals surface area contributed by atoms with Crippen molar-refractivity contribution in [3.8, 4) is 0 Å². The molecular weight excluding hydrogens is 252 g/mol. The van der Waals surface area contributed by atoms with Crippen molar-refractivity contribution in [2.75, 3.05) is 5.32 Å². The van der Waals surface area contributed by atoms with Crippen molar-refractivity contribution in [3.63, 3.8) is 0 Å². The number of rotatable bonds is 5. The minimum absolute atomic E-state index is 0.624. The molecule has 0 saturated carbocycles. The molecule has 0 aliphatic rings. The van der Waals surface area contributed by atoms with Gasteiger partial charge in [0, 0.05) is 31.3 Å². The first-order chi connectivity index (χ1) is 8.65. The molecule has 2 heterocycles. The molecule has 5 nitrogen and oxygen atoms in total. The first kappa shape index (κ1) is 13.0. The average Bonchev–Trinajstić information content (AvgIpc) is 2.90. The lowest BCUT2D eigenvalue weighted by molar-refractivity contribution is 0.382. The number of anilines is 1. The molecule has 0 saturated heterocycles. The topological polar surface area (TPSA) is 55.9 Å². The highest BCUT2D eigenvalue weighted by atomic mass is 35.5. The third-order valence-corrected chi connectivity index (χ3v) is 3.14. The Morgan fingerprint density at radius 2 is 2.22 bits per heavy atom. The van der Waals surface area contributed by atoms with E-state index in [0.29, 0.717) is 17.4 Å². The largest absolute Gasteiger partial charge is 0.363 e. The summed E-state index contributed by atoms with van der Waals surface area (Å²) in [5.41, 5.74) is 1.99. The molecule has 0 radical (unpaired) electrons. The standard InChI is InChI=1S/C12H17ClN4O/c1-4-11-9(8(3)16-18-11)6-14-12-10(13)7-17(5-2)15-12/h7H,4-6H2,1-3H3,(H,14,15). The minimum atomic E-state index is 0.624. The normalized spacial score (nSPS) is 10.9. The molecule has 98 valence electrons. The summed E-state index contributed by atoms with van der Waals surface area (Å²) in [4.78, 5) is 0. The third-order valence-electron chi connectivity index (χ3n) is 2.86. The molecule has 0 fully saturated rings. The van der Waals surface area contributed by atoms with Crippen LogP contribution in [0.4, 0.5) is 5.82 Å². The highest BCUT2D eigenvalue weighted by molar-refractivity contribution is 6.32. The van der Waals surface area contributed by atoms with Gasteiger partial charge in [-0.2, -0.15) is 5.10 Å². The molecule has 0 atom stereocenters. The van der Waals surface area contributed by atoms with E-state index in [4.69, 9.17) is 16.1 Å². The highest BCUT2D eigenvalue weighted by Gasteiger charge is 2.12. The van der Waals surface area contributed by atoms with Gasteiger partial charge in [-0.1, -0.05) is 23.7 Å². The summed E-state index contributed by atoms with van der Waals surface area (Å²) in [5, 5.41) is 12.2. The number of hydrogen-bond acceptors (Lipinski definition) is 4. The van der Waals surface area contributed by atoms with Crippen LogP contribution in [0.5, 0.6) is 0 Å². The van der Waals surface area contributed by atoms with Gasteiger partial charge >= 0.3 is 0 Å². The van der Waals surface area contributed by atoms with Crippen LogP contribution in [0.15, 0.2) is 10.7 Å². The van der Waals surface area contributed by atoms with Crippen molar-refractivity contribution in [1.82, 2.24) is 14.9 Å². The predicted octanol–water partition coefficient (Wildman–Crippen LogP) is 3.03. The summed E-state index contributed by atoms with van der Waals surface area (Å²) in [6, 6.07) is 0. The lowest BCUT2D eigenvalue weighted by Gasteiger charge is -2.03. The summed E-state index contributed by atoms with van der Waals surface area (Å²) in [6.07, 6.45) is 2.64. The van der Waals surface area contributed by atoms with E-state index in [1.165, 1.54) is 0 Å². The van der Waals surface area contributed by atoms with Crippen LogP contribution in [0.25, 0.3) is 0 Å². The molecule has 0 amide bonds. The Bertz CT molecular complexity index is 532. The number of nitrogens with zero attached hydrogens (tertiary/aromatic N) is 3. The molecule has 0 aromatic carbocycles. The Hall–Kier alpha value is -1.49. The van der Waals surface area contributed by atoms with Gasteiger partial charge in [-0.25, -0.2) is 0 Å². The molecule has 0 spiro atoms. The van der Waals surface area contributed by atoms with Crippen LogP contribution in [-0.4, -0.2) is 14.9 Å². The van der Waals surface area contributed by atoms with Gasteiger partial charge in [0.15, 0.2) is 5.82 Å². The molecule has 2 aromatic heterocycles. The molecule has 0 unspecified atom stereocenters. The van der Waals surface area contributed by atoms with Crippen molar-refractivity contribution < 1.29 is 4.52 Å². The maximum atomic E-state index is 6.09. The fourth-order valence-electron chi connectivity index (χ4n) is 1.79. The molecule has 1 N–H and O–H groups in total. The van der Waals surface area contributed by atoms with Gasteiger partial charge in [0.05, 0.1) is 5.69 Å². The van der Waals surface area contributed by atoms with Crippen molar-refractivity contribution in [3.05, 3.63) is 28.2 Å². The van der Waals surface area contributed by atoms with Crippen molar-refractivity contribution in [1.29, 1.82) is 0 Å². The molecule has 0 aliphatic carbocycles. The number of nitrogens with one attached hydrogen (secondary N) is 1. The summed E-state index contributed by atoms with van der Waals surface area (Å²) < 4.78 is 7.04. The van der Waals surface area contributed by atoms with Crippen LogP contribution >= 0.6 is 11.6 Å². The number of aryl methyl sites for hydroxylation is 3. The maximum Gasteiger partial charge on any atom is 0.167 e. The van der Waals surface area contributed by atoms with E-state index in [-0.39, 0.29) is 0 Å². The van der Waals surface area contributed by atoms with Gasteiger partial charge in [-0.3, -0.25) is 4.68 Å². The van der Waals surface area contributed by atoms with E-state index in [9.17, 15) is 0 Å². The quantitative estimate of drug-likeness (QED) is 0.906. The van der Waals surface area contributed by atoms with E-state index in [1.807, 2.05) is 27.0 Å². The highest BCUT2D eigenvalue weighted by Crippen LogP contribution is 2.21. The molecular formula is C12H17ClN4O. The molecule has 2 aromatic rings. The van der Waals surface area contributed by atoms with Crippen LogP contribution in [-0.2, 0) is 19.5 Å². The first-order valence-electron chi connectivity index (χ1n) is 6.06. The molecule has 2 rings (SSSR count). The zero-order valence-electron chi connectivity index (χ0n) is 10.8. The van der Waals surface area contributed by atoms with Gasteiger partial charge in [0.2, 0.25) is 0 Å².